The topological polar surface area (TPSA) is 41.5 Å². The minimum absolute atomic E-state index is 0.0469. The van der Waals surface area contributed by atoms with Crippen LogP contribution in [-0.4, -0.2) is 18.3 Å². The monoisotopic (exact) mass is 325 g/mol. The Morgan fingerprint density at radius 3 is 2.43 bits per heavy atom. The molecule has 0 radical (unpaired) electrons. The molecule has 0 amide bonds. The first-order chi connectivity index (χ1) is 11.0. The molecule has 0 aliphatic heterocycles. The number of alkyl halides is 2. The summed E-state index contributed by atoms with van der Waals surface area (Å²) < 4.78 is 41.5. The Morgan fingerprint density at radius 2 is 1.83 bits per heavy atom. The van der Waals surface area contributed by atoms with Gasteiger partial charge in [0.25, 0.3) is 0 Å². The Hall–Kier alpha value is -2.05. The van der Waals surface area contributed by atoms with Gasteiger partial charge in [0, 0.05) is 13.1 Å². The predicted octanol–water partition coefficient (Wildman–Crippen LogP) is 3.56. The smallest absolute Gasteiger partial charge is 0.387 e. The number of aliphatic hydroxyl groups is 1. The molecule has 1 unspecified atom stereocenters. The quantitative estimate of drug-likeness (QED) is 0.818. The first-order valence-electron chi connectivity index (χ1n) is 7.14. The molecule has 2 N–H and O–H groups in total. The largest absolute Gasteiger partial charge is 0.435 e. The average Bonchev–Trinajstić information content (AvgIpc) is 2.51. The Balaban J connectivity index is 1.84. The molecule has 0 aliphatic rings. The predicted molar refractivity (Wildman–Crippen MR) is 80.9 cm³/mol. The zero-order chi connectivity index (χ0) is 16.8. The Bertz CT molecular complexity index is 632. The first kappa shape index (κ1) is 17.3. The number of nitrogens with one attached hydrogen (secondary N) is 1. The molecule has 23 heavy (non-hydrogen) atoms. The lowest BCUT2D eigenvalue weighted by atomic mass is 10.1. The highest BCUT2D eigenvalue weighted by atomic mass is 19.3. The molecule has 0 saturated heterocycles. The summed E-state index contributed by atoms with van der Waals surface area (Å²) in [6.45, 7) is -0.404. The van der Waals surface area contributed by atoms with Gasteiger partial charge < -0.3 is 15.2 Å². The molecule has 0 fully saturated rings. The van der Waals surface area contributed by atoms with Gasteiger partial charge in [-0.2, -0.15) is 8.78 Å². The number of halogens is 3. The molecular weight excluding hydrogens is 307 g/mol. The van der Waals surface area contributed by atoms with Crippen molar-refractivity contribution in [3.05, 3.63) is 65.0 Å². The second-order valence-corrected chi connectivity index (χ2v) is 5.18. The zero-order valence-corrected chi connectivity index (χ0v) is 12.6. The van der Waals surface area contributed by atoms with Crippen molar-refractivity contribution in [2.75, 3.05) is 6.54 Å². The van der Waals surface area contributed by atoms with Crippen molar-refractivity contribution in [1.29, 1.82) is 0 Å². The van der Waals surface area contributed by atoms with E-state index >= 15 is 0 Å². The van der Waals surface area contributed by atoms with Crippen LogP contribution in [0.4, 0.5) is 13.2 Å². The van der Waals surface area contributed by atoms with E-state index in [1.54, 1.807) is 19.1 Å². The maximum atomic E-state index is 13.2. The highest BCUT2D eigenvalue weighted by molar-refractivity contribution is 5.29. The Kier molecular flexibility index (Phi) is 6.01. The summed E-state index contributed by atoms with van der Waals surface area (Å²) in [5.74, 6) is -0.203. The second kappa shape index (κ2) is 7.99. The van der Waals surface area contributed by atoms with Crippen LogP contribution in [0.5, 0.6) is 5.75 Å². The normalized spacial score (nSPS) is 12.4. The van der Waals surface area contributed by atoms with Crippen molar-refractivity contribution >= 4 is 0 Å². The molecule has 124 valence electrons. The summed E-state index contributed by atoms with van der Waals surface area (Å²) in [5, 5.41) is 13.1. The van der Waals surface area contributed by atoms with Gasteiger partial charge in [-0.25, -0.2) is 4.39 Å². The van der Waals surface area contributed by atoms with Gasteiger partial charge in [0.15, 0.2) is 0 Å². The van der Waals surface area contributed by atoms with Crippen LogP contribution in [0.15, 0.2) is 42.5 Å². The summed E-state index contributed by atoms with van der Waals surface area (Å²) in [5.41, 5.74) is 2.07. The third-order valence-corrected chi connectivity index (χ3v) is 3.38. The molecule has 0 aromatic heterocycles. The number of hydrogen-bond donors (Lipinski definition) is 2. The van der Waals surface area contributed by atoms with Crippen LogP contribution in [0.2, 0.25) is 0 Å². The molecule has 0 bridgehead atoms. The number of rotatable bonds is 7. The van der Waals surface area contributed by atoms with E-state index in [9.17, 15) is 18.3 Å². The summed E-state index contributed by atoms with van der Waals surface area (Å²) in [4.78, 5) is 0. The minimum Gasteiger partial charge on any atom is -0.435 e. The van der Waals surface area contributed by atoms with E-state index in [0.717, 1.165) is 5.56 Å². The minimum atomic E-state index is -2.87. The third kappa shape index (κ3) is 5.26. The van der Waals surface area contributed by atoms with Crippen molar-refractivity contribution in [3.63, 3.8) is 0 Å². The van der Waals surface area contributed by atoms with Crippen LogP contribution in [-0.2, 0) is 6.54 Å². The molecule has 2 aromatic carbocycles. The summed E-state index contributed by atoms with van der Waals surface area (Å²) >= 11 is 0. The van der Waals surface area contributed by atoms with E-state index in [1.165, 1.54) is 30.3 Å². The van der Waals surface area contributed by atoms with Crippen LogP contribution in [0.3, 0.4) is 0 Å². The molecule has 0 aliphatic carbocycles. The fourth-order valence-electron chi connectivity index (χ4n) is 2.16. The maximum Gasteiger partial charge on any atom is 0.387 e. The van der Waals surface area contributed by atoms with Crippen molar-refractivity contribution in [1.82, 2.24) is 5.32 Å². The van der Waals surface area contributed by atoms with Crippen molar-refractivity contribution in [3.8, 4) is 5.75 Å². The third-order valence-electron chi connectivity index (χ3n) is 3.38. The van der Waals surface area contributed by atoms with Gasteiger partial charge >= 0.3 is 6.61 Å². The van der Waals surface area contributed by atoms with E-state index in [-0.39, 0.29) is 18.1 Å². The van der Waals surface area contributed by atoms with Crippen LogP contribution in [0.1, 0.15) is 22.8 Å². The van der Waals surface area contributed by atoms with Gasteiger partial charge in [-0.15, -0.1) is 0 Å². The number of ether oxygens (including phenoxy) is 1. The molecule has 2 rings (SSSR count). The second-order valence-electron chi connectivity index (χ2n) is 5.18. The highest BCUT2D eigenvalue weighted by Crippen LogP contribution is 2.19. The number of aliphatic hydroxyl groups excluding tert-OH is 1. The van der Waals surface area contributed by atoms with Gasteiger partial charge in [-0.05, 0) is 41.8 Å². The molecule has 1 atom stereocenters. The average molecular weight is 325 g/mol. The number of aryl methyl sites for hydroxylation is 1. The van der Waals surface area contributed by atoms with E-state index in [1.807, 2.05) is 0 Å². The van der Waals surface area contributed by atoms with Crippen molar-refractivity contribution in [2.45, 2.75) is 26.2 Å². The summed E-state index contributed by atoms with van der Waals surface area (Å²) in [6, 6.07) is 10.7. The van der Waals surface area contributed by atoms with Crippen LogP contribution in [0, 0.1) is 12.7 Å². The van der Waals surface area contributed by atoms with E-state index in [0.29, 0.717) is 17.7 Å². The van der Waals surface area contributed by atoms with Crippen LogP contribution >= 0.6 is 0 Å². The molecular formula is C17H18F3NO2. The first-order valence-corrected chi connectivity index (χ1v) is 7.14. The number of benzene rings is 2. The van der Waals surface area contributed by atoms with Crippen molar-refractivity contribution < 1.29 is 23.0 Å². The zero-order valence-electron chi connectivity index (χ0n) is 12.6. The van der Waals surface area contributed by atoms with Gasteiger partial charge in [0.2, 0.25) is 0 Å². The van der Waals surface area contributed by atoms with E-state index in [4.69, 9.17) is 0 Å². The fraction of sp³-hybridized carbons (Fsp3) is 0.294. The summed E-state index contributed by atoms with van der Waals surface area (Å²) in [7, 11) is 0. The van der Waals surface area contributed by atoms with Crippen molar-refractivity contribution in [2.24, 2.45) is 0 Å². The molecule has 6 heteroatoms. The lowest BCUT2D eigenvalue weighted by molar-refractivity contribution is -0.0498. The SMILES string of the molecule is Cc1cc(CNCC(O)c2ccc(OC(F)F)cc2)ccc1F. The molecule has 2 aromatic rings. The van der Waals surface area contributed by atoms with Crippen LogP contribution < -0.4 is 10.1 Å². The van der Waals surface area contributed by atoms with Gasteiger partial charge in [0.1, 0.15) is 11.6 Å². The van der Waals surface area contributed by atoms with E-state index < -0.39 is 12.7 Å². The maximum absolute atomic E-state index is 13.2. The lowest BCUT2D eigenvalue weighted by Crippen LogP contribution is -2.21. The highest BCUT2D eigenvalue weighted by Gasteiger charge is 2.09. The van der Waals surface area contributed by atoms with Gasteiger partial charge in [-0.3, -0.25) is 0 Å². The summed E-state index contributed by atoms with van der Waals surface area (Å²) in [6.07, 6.45) is -0.780. The van der Waals surface area contributed by atoms with Gasteiger partial charge in [0.05, 0.1) is 6.10 Å². The molecule has 0 saturated carbocycles. The molecule has 3 nitrogen and oxygen atoms in total. The van der Waals surface area contributed by atoms with Gasteiger partial charge in [-0.1, -0.05) is 24.3 Å². The Morgan fingerprint density at radius 1 is 1.13 bits per heavy atom. The Labute approximate surface area is 132 Å². The lowest BCUT2D eigenvalue weighted by Gasteiger charge is -2.13. The fourth-order valence-corrected chi connectivity index (χ4v) is 2.16. The number of hydrogen-bond acceptors (Lipinski definition) is 3. The van der Waals surface area contributed by atoms with Crippen LogP contribution in [0.25, 0.3) is 0 Å². The molecule has 0 heterocycles. The van der Waals surface area contributed by atoms with E-state index in [2.05, 4.69) is 10.1 Å². The molecule has 0 spiro atoms. The standard InChI is InChI=1S/C17H18F3NO2/c1-11-8-12(2-7-15(11)18)9-21-10-16(22)13-3-5-14(6-4-13)23-17(19)20/h2-8,16-17,21-22H,9-10H2,1H3.